The van der Waals surface area contributed by atoms with Gasteiger partial charge in [-0.05, 0) is 38.5 Å². The van der Waals surface area contributed by atoms with Crippen LogP contribution in [0, 0.1) is 12.3 Å². The van der Waals surface area contributed by atoms with Crippen molar-refractivity contribution in [2.75, 3.05) is 39.9 Å². The van der Waals surface area contributed by atoms with Crippen molar-refractivity contribution < 1.29 is 14.3 Å². The Bertz CT molecular complexity index is 664. The van der Waals surface area contributed by atoms with Crippen LogP contribution in [0.25, 0.3) is 0 Å². The minimum Gasteiger partial charge on any atom is -0.383 e. The van der Waals surface area contributed by atoms with E-state index in [0.29, 0.717) is 26.0 Å². The number of carbonyl (C=O) groups excluding carboxylic acids is 2. The van der Waals surface area contributed by atoms with Gasteiger partial charge in [0, 0.05) is 64.6 Å². The Balaban J connectivity index is 1.52. The van der Waals surface area contributed by atoms with Crippen molar-refractivity contribution >= 4 is 11.8 Å². The zero-order valence-electron chi connectivity index (χ0n) is 16.8. The van der Waals surface area contributed by atoms with Crippen molar-refractivity contribution in [2.45, 2.75) is 52.0 Å². The van der Waals surface area contributed by atoms with Crippen molar-refractivity contribution in [3.8, 4) is 0 Å². The molecule has 2 saturated heterocycles. The van der Waals surface area contributed by atoms with Crippen LogP contribution in [0.4, 0.5) is 0 Å². The molecule has 1 aromatic heterocycles. The smallest absolute Gasteiger partial charge is 0.224 e. The lowest BCUT2D eigenvalue weighted by Gasteiger charge is -2.47. The van der Waals surface area contributed by atoms with Crippen LogP contribution in [-0.4, -0.2) is 71.1 Å². The fourth-order valence-corrected chi connectivity index (χ4v) is 4.48. The molecule has 3 rings (SSSR count). The van der Waals surface area contributed by atoms with Crippen molar-refractivity contribution in [1.29, 1.82) is 0 Å². The quantitative estimate of drug-likeness (QED) is 0.762. The Morgan fingerprint density at radius 2 is 2.07 bits per heavy atom. The fraction of sp³-hybridized carbons (Fsp3) is 0.750. The van der Waals surface area contributed by atoms with Gasteiger partial charge in [0.1, 0.15) is 5.82 Å². The molecule has 1 atom stereocenters. The molecule has 0 aliphatic carbocycles. The molecule has 0 radical (unpaired) electrons. The first kappa shape index (κ1) is 19.9. The SMILES string of the molecule is COCCN1CC2(CCC1=O)CCN(C(=O)CC(C)n1ccnc1C)CC2. The Morgan fingerprint density at radius 3 is 2.70 bits per heavy atom. The summed E-state index contributed by atoms with van der Waals surface area (Å²) >= 11 is 0. The minimum atomic E-state index is 0.118. The number of nitrogens with zero attached hydrogens (tertiary/aromatic N) is 4. The van der Waals surface area contributed by atoms with Crippen LogP contribution in [-0.2, 0) is 14.3 Å². The topological polar surface area (TPSA) is 67.7 Å². The van der Waals surface area contributed by atoms with Crippen molar-refractivity contribution in [3.63, 3.8) is 0 Å². The van der Waals surface area contributed by atoms with Crippen molar-refractivity contribution in [1.82, 2.24) is 19.4 Å². The van der Waals surface area contributed by atoms with E-state index in [9.17, 15) is 9.59 Å². The number of likely N-dealkylation sites (tertiary alicyclic amines) is 2. The number of aryl methyl sites for hydroxylation is 1. The van der Waals surface area contributed by atoms with Crippen molar-refractivity contribution in [2.24, 2.45) is 5.41 Å². The van der Waals surface area contributed by atoms with Gasteiger partial charge >= 0.3 is 0 Å². The van der Waals surface area contributed by atoms with Gasteiger partial charge in [0.05, 0.1) is 6.61 Å². The molecule has 7 nitrogen and oxygen atoms in total. The number of imidazole rings is 1. The molecule has 0 bridgehead atoms. The molecule has 27 heavy (non-hydrogen) atoms. The summed E-state index contributed by atoms with van der Waals surface area (Å²) in [6.45, 7) is 7.67. The number of hydrogen-bond donors (Lipinski definition) is 0. The number of amides is 2. The Morgan fingerprint density at radius 1 is 1.33 bits per heavy atom. The van der Waals surface area contributed by atoms with Gasteiger partial charge in [-0.25, -0.2) is 4.98 Å². The van der Waals surface area contributed by atoms with Crippen LogP contribution in [0.3, 0.4) is 0 Å². The molecule has 2 amide bonds. The maximum Gasteiger partial charge on any atom is 0.224 e. The van der Waals surface area contributed by atoms with E-state index in [1.165, 1.54) is 0 Å². The van der Waals surface area contributed by atoms with Gasteiger partial charge in [0.25, 0.3) is 0 Å². The minimum absolute atomic E-state index is 0.118. The highest BCUT2D eigenvalue weighted by Gasteiger charge is 2.41. The van der Waals surface area contributed by atoms with E-state index < -0.39 is 0 Å². The highest BCUT2D eigenvalue weighted by atomic mass is 16.5. The summed E-state index contributed by atoms with van der Waals surface area (Å²) in [7, 11) is 1.67. The van der Waals surface area contributed by atoms with E-state index in [1.807, 2.05) is 22.9 Å². The highest BCUT2D eigenvalue weighted by Crippen LogP contribution is 2.40. The van der Waals surface area contributed by atoms with Crippen molar-refractivity contribution in [3.05, 3.63) is 18.2 Å². The van der Waals surface area contributed by atoms with Gasteiger partial charge < -0.3 is 19.1 Å². The molecule has 2 aliphatic heterocycles. The molecule has 0 saturated carbocycles. The van der Waals surface area contributed by atoms with Gasteiger partial charge in [-0.2, -0.15) is 0 Å². The molecular formula is C20H32N4O3. The maximum atomic E-state index is 12.8. The molecule has 3 heterocycles. The summed E-state index contributed by atoms with van der Waals surface area (Å²) in [6.07, 6.45) is 7.74. The van der Waals surface area contributed by atoms with Gasteiger partial charge in [-0.3, -0.25) is 9.59 Å². The van der Waals surface area contributed by atoms with Crippen LogP contribution in [0.1, 0.15) is 50.9 Å². The molecule has 7 heteroatoms. The van der Waals surface area contributed by atoms with Gasteiger partial charge in [-0.15, -0.1) is 0 Å². The second-order valence-corrected chi connectivity index (χ2v) is 8.12. The molecule has 0 aromatic carbocycles. The number of rotatable bonds is 6. The number of carbonyl (C=O) groups is 2. The summed E-state index contributed by atoms with van der Waals surface area (Å²) < 4.78 is 7.20. The first-order valence-electron chi connectivity index (χ1n) is 9.98. The summed E-state index contributed by atoms with van der Waals surface area (Å²) in [5.41, 5.74) is 0.172. The van der Waals surface area contributed by atoms with E-state index in [1.54, 1.807) is 13.3 Å². The lowest BCUT2D eigenvalue weighted by Crippen LogP contribution is -2.53. The lowest BCUT2D eigenvalue weighted by molar-refractivity contribution is -0.143. The Hall–Kier alpha value is -1.89. The van der Waals surface area contributed by atoms with Crippen LogP contribution >= 0.6 is 0 Å². The van der Waals surface area contributed by atoms with Crippen LogP contribution in [0.15, 0.2) is 12.4 Å². The third-order valence-corrected chi connectivity index (χ3v) is 6.30. The normalized spacial score (nSPS) is 20.9. The number of hydrogen-bond acceptors (Lipinski definition) is 4. The maximum absolute atomic E-state index is 12.8. The average molecular weight is 377 g/mol. The molecule has 2 aliphatic rings. The lowest BCUT2D eigenvalue weighted by atomic mass is 9.72. The van der Waals surface area contributed by atoms with E-state index >= 15 is 0 Å². The number of piperidine rings is 2. The molecular weight excluding hydrogens is 344 g/mol. The number of methoxy groups -OCH3 is 1. The zero-order chi connectivity index (χ0) is 19.4. The molecule has 1 unspecified atom stereocenters. The van der Waals surface area contributed by atoms with E-state index in [2.05, 4.69) is 16.5 Å². The van der Waals surface area contributed by atoms with E-state index in [-0.39, 0.29) is 23.3 Å². The Kier molecular flexibility index (Phi) is 6.19. The first-order valence-corrected chi connectivity index (χ1v) is 9.98. The second-order valence-electron chi connectivity index (χ2n) is 8.12. The molecule has 1 spiro atoms. The van der Waals surface area contributed by atoms with E-state index in [4.69, 9.17) is 4.74 Å². The standard InChI is InChI=1S/C20H32N4O3/c1-16(24-11-8-21-17(24)2)14-19(26)22-9-6-20(7-10-22)5-4-18(25)23(15-20)12-13-27-3/h8,11,16H,4-7,9-10,12-15H2,1-3H3. The molecule has 150 valence electrons. The first-order chi connectivity index (χ1) is 12.9. The summed E-state index contributed by atoms with van der Waals surface area (Å²) in [5, 5.41) is 0. The number of ether oxygens (including phenoxy) is 1. The Labute approximate surface area is 161 Å². The van der Waals surface area contributed by atoms with Gasteiger partial charge in [0.15, 0.2) is 0 Å². The molecule has 0 N–H and O–H groups in total. The molecule has 2 fully saturated rings. The predicted octanol–water partition coefficient (Wildman–Crippen LogP) is 2.02. The summed E-state index contributed by atoms with van der Waals surface area (Å²) in [6, 6.07) is 0.118. The monoisotopic (exact) mass is 376 g/mol. The van der Waals surface area contributed by atoms with Crippen LogP contribution in [0.2, 0.25) is 0 Å². The van der Waals surface area contributed by atoms with Gasteiger partial charge in [-0.1, -0.05) is 0 Å². The van der Waals surface area contributed by atoms with Crippen LogP contribution < -0.4 is 0 Å². The van der Waals surface area contributed by atoms with E-state index in [0.717, 1.165) is 44.7 Å². The summed E-state index contributed by atoms with van der Waals surface area (Å²) in [4.78, 5) is 33.1. The highest BCUT2D eigenvalue weighted by molar-refractivity contribution is 5.78. The largest absolute Gasteiger partial charge is 0.383 e. The zero-order valence-corrected chi connectivity index (χ0v) is 16.8. The predicted molar refractivity (Wildman–Crippen MR) is 102 cm³/mol. The summed E-state index contributed by atoms with van der Waals surface area (Å²) in [5.74, 6) is 1.39. The third kappa shape index (κ3) is 4.51. The van der Waals surface area contributed by atoms with Gasteiger partial charge in [0.2, 0.25) is 11.8 Å². The fourth-order valence-electron chi connectivity index (χ4n) is 4.48. The average Bonchev–Trinajstić information content (AvgIpc) is 3.09. The second kappa shape index (κ2) is 8.42. The third-order valence-electron chi connectivity index (χ3n) is 6.30. The number of aromatic nitrogens is 2. The molecule has 1 aromatic rings. The van der Waals surface area contributed by atoms with Crippen LogP contribution in [0.5, 0.6) is 0 Å².